The van der Waals surface area contributed by atoms with E-state index >= 15 is 0 Å². The lowest BCUT2D eigenvalue weighted by Crippen LogP contribution is -2.59. The predicted molar refractivity (Wildman–Crippen MR) is 75.3 cm³/mol. The first-order valence-electron chi connectivity index (χ1n) is 6.67. The van der Waals surface area contributed by atoms with Crippen LogP contribution in [0.25, 0.3) is 0 Å². The molecule has 1 N–H and O–H groups in total. The Morgan fingerprint density at radius 2 is 1.90 bits per heavy atom. The van der Waals surface area contributed by atoms with Crippen LogP contribution < -0.4 is 5.43 Å². The second-order valence-corrected chi connectivity index (χ2v) is 4.58. The number of ether oxygens (including phenoxy) is 2. The Balaban J connectivity index is 3.08. The Bertz CT molecular complexity index is 498. The van der Waals surface area contributed by atoms with Gasteiger partial charge in [0.2, 0.25) is 0 Å². The summed E-state index contributed by atoms with van der Waals surface area (Å²) in [7, 11) is 0. The molecule has 1 aliphatic rings. The Labute approximate surface area is 123 Å². The van der Waals surface area contributed by atoms with Crippen LogP contribution in [0, 0.1) is 0 Å². The van der Waals surface area contributed by atoms with Gasteiger partial charge in [-0.25, -0.2) is 20.0 Å². The highest BCUT2D eigenvalue weighted by molar-refractivity contribution is 6.01. The minimum Gasteiger partial charge on any atom is -0.449 e. The average molecular weight is 296 g/mol. The topological polar surface area (TPSA) is 84.9 Å². The van der Waals surface area contributed by atoms with Gasteiger partial charge < -0.3 is 9.47 Å². The molecule has 21 heavy (non-hydrogen) atoms. The van der Waals surface area contributed by atoms with E-state index in [9.17, 15) is 14.4 Å². The molecule has 0 heterocycles. The van der Waals surface area contributed by atoms with Crippen molar-refractivity contribution < 1.29 is 23.9 Å². The lowest BCUT2D eigenvalue weighted by Gasteiger charge is -2.39. The molecule has 0 spiro atoms. The fourth-order valence-corrected chi connectivity index (χ4v) is 1.83. The Kier molecular flexibility index (Phi) is 5.52. The number of rotatable bonds is 3. The number of nitrogens with zero attached hydrogens (tertiary/aromatic N) is 1. The molecule has 1 unspecified atom stereocenters. The van der Waals surface area contributed by atoms with Gasteiger partial charge in [0.25, 0.3) is 0 Å². The van der Waals surface area contributed by atoms with Gasteiger partial charge in [-0.15, -0.1) is 0 Å². The molecule has 7 nitrogen and oxygen atoms in total. The number of carbonyl (C=O) groups excluding carboxylic acids is 3. The first kappa shape index (κ1) is 16.7. The largest absolute Gasteiger partial charge is 0.449 e. The summed E-state index contributed by atoms with van der Waals surface area (Å²) >= 11 is 0. The van der Waals surface area contributed by atoms with E-state index in [1.54, 1.807) is 27.7 Å². The van der Waals surface area contributed by atoms with Crippen molar-refractivity contribution in [3.05, 3.63) is 23.8 Å². The molecule has 0 aliphatic heterocycles. The molecule has 0 radical (unpaired) electrons. The predicted octanol–water partition coefficient (Wildman–Crippen LogP) is 1.95. The highest BCUT2D eigenvalue weighted by Crippen LogP contribution is 2.28. The third-order valence-corrected chi connectivity index (χ3v) is 3.12. The molecule has 2 amide bonds. The summed E-state index contributed by atoms with van der Waals surface area (Å²) in [4.78, 5) is 35.1. The van der Waals surface area contributed by atoms with Gasteiger partial charge in [-0.3, -0.25) is 4.79 Å². The minimum atomic E-state index is -1.01. The SMILES string of the molecule is CCOC(=O)NN(C(=O)OCC)C1(C)C=CC(=O)C=C1C. The summed E-state index contributed by atoms with van der Waals surface area (Å²) in [5.74, 6) is -0.176. The summed E-state index contributed by atoms with van der Waals surface area (Å²) in [6.45, 7) is 7.01. The molecule has 0 aromatic carbocycles. The number of amides is 2. The first-order chi connectivity index (χ1) is 9.85. The van der Waals surface area contributed by atoms with Crippen molar-refractivity contribution in [1.29, 1.82) is 0 Å². The van der Waals surface area contributed by atoms with Gasteiger partial charge in [0.05, 0.1) is 13.2 Å². The van der Waals surface area contributed by atoms with Crippen molar-refractivity contribution in [3.63, 3.8) is 0 Å². The van der Waals surface area contributed by atoms with Gasteiger partial charge in [0.15, 0.2) is 5.78 Å². The number of hydrogen-bond acceptors (Lipinski definition) is 5. The van der Waals surface area contributed by atoms with Crippen LogP contribution in [-0.4, -0.2) is 41.7 Å². The normalized spacial score (nSPS) is 20.6. The van der Waals surface area contributed by atoms with Gasteiger partial charge in [-0.1, -0.05) is 0 Å². The molecule has 0 fully saturated rings. The molecule has 1 aliphatic carbocycles. The zero-order valence-corrected chi connectivity index (χ0v) is 12.6. The molecule has 0 aromatic heterocycles. The van der Waals surface area contributed by atoms with E-state index in [4.69, 9.17) is 9.47 Å². The smallest absolute Gasteiger partial charge is 0.429 e. The first-order valence-corrected chi connectivity index (χ1v) is 6.67. The maximum Gasteiger partial charge on any atom is 0.429 e. The number of carbonyl (C=O) groups is 3. The second-order valence-electron chi connectivity index (χ2n) is 4.58. The lowest BCUT2D eigenvalue weighted by atomic mass is 9.87. The van der Waals surface area contributed by atoms with Gasteiger partial charge in [0.1, 0.15) is 5.54 Å². The van der Waals surface area contributed by atoms with E-state index in [-0.39, 0.29) is 19.0 Å². The van der Waals surface area contributed by atoms with Crippen LogP contribution in [0.15, 0.2) is 23.8 Å². The van der Waals surface area contributed by atoms with E-state index in [1.165, 1.54) is 18.2 Å². The van der Waals surface area contributed by atoms with Crippen LogP contribution in [0.5, 0.6) is 0 Å². The van der Waals surface area contributed by atoms with E-state index in [2.05, 4.69) is 5.43 Å². The number of hydrazine groups is 1. The molecule has 0 bridgehead atoms. The maximum atomic E-state index is 12.1. The zero-order chi connectivity index (χ0) is 16.0. The van der Waals surface area contributed by atoms with Crippen molar-refractivity contribution in [2.45, 2.75) is 33.2 Å². The Hall–Kier alpha value is -2.31. The van der Waals surface area contributed by atoms with E-state index < -0.39 is 17.7 Å². The fourth-order valence-electron chi connectivity index (χ4n) is 1.83. The Morgan fingerprint density at radius 3 is 2.43 bits per heavy atom. The molecule has 116 valence electrons. The van der Waals surface area contributed by atoms with E-state index in [1.807, 2.05) is 0 Å². The van der Waals surface area contributed by atoms with Crippen molar-refractivity contribution >= 4 is 18.0 Å². The summed E-state index contributed by atoms with van der Waals surface area (Å²) in [5.41, 5.74) is 1.94. The van der Waals surface area contributed by atoms with Gasteiger partial charge in [-0.2, -0.15) is 0 Å². The Morgan fingerprint density at radius 1 is 1.29 bits per heavy atom. The minimum absolute atomic E-state index is 0.154. The zero-order valence-electron chi connectivity index (χ0n) is 12.6. The number of hydrogen-bond donors (Lipinski definition) is 1. The van der Waals surface area contributed by atoms with Gasteiger partial charge in [0, 0.05) is 0 Å². The second kappa shape index (κ2) is 6.92. The highest BCUT2D eigenvalue weighted by atomic mass is 16.6. The standard InChI is InChI=1S/C14H20N2O5/c1-5-20-12(18)15-16(13(19)21-6-2)14(4)8-7-11(17)9-10(14)3/h7-9H,5-6H2,1-4H3,(H,15,18). The van der Waals surface area contributed by atoms with E-state index in [0.717, 1.165) is 5.01 Å². The van der Waals surface area contributed by atoms with Crippen molar-refractivity contribution in [2.75, 3.05) is 13.2 Å². The van der Waals surface area contributed by atoms with Gasteiger partial charge in [-0.05, 0) is 51.5 Å². The number of nitrogens with one attached hydrogen (secondary N) is 1. The average Bonchev–Trinajstić information content (AvgIpc) is 2.41. The molecule has 0 saturated carbocycles. The van der Waals surface area contributed by atoms with Crippen LogP contribution in [0.3, 0.4) is 0 Å². The van der Waals surface area contributed by atoms with Gasteiger partial charge >= 0.3 is 12.2 Å². The van der Waals surface area contributed by atoms with Crippen LogP contribution in [0.4, 0.5) is 9.59 Å². The summed E-state index contributed by atoms with van der Waals surface area (Å²) in [6, 6.07) is 0. The molecular weight excluding hydrogens is 276 g/mol. The van der Waals surface area contributed by atoms with Crippen LogP contribution in [-0.2, 0) is 14.3 Å². The third-order valence-electron chi connectivity index (χ3n) is 3.12. The monoisotopic (exact) mass is 296 g/mol. The molecule has 1 atom stereocenters. The third kappa shape index (κ3) is 3.84. The summed E-state index contributed by atoms with van der Waals surface area (Å²) < 4.78 is 9.73. The number of ketones is 1. The molecular formula is C14H20N2O5. The molecule has 0 saturated heterocycles. The van der Waals surface area contributed by atoms with Crippen molar-refractivity contribution in [3.8, 4) is 0 Å². The summed E-state index contributed by atoms with van der Waals surface area (Å²) in [6.07, 6.45) is 2.77. The quantitative estimate of drug-likeness (QED) is 0.805. The van der Waals surface area contributed by atoms with E-state index in [0.29, 0.717) is 5.57 Å². The van der Waals surface area contributed by atoms with Crippen LogP contribution in [0.2, 0.25) is 0 Å². The van der Waals surface area contributed by atoms with Crippen LogP contribution >= 0.6 is 0 Å². The van der Waals surface area contributed by atoms with Crippen molar-refractivity contribution in [1.82, 2.24) is 10.4 Å². The molecule has 7 heteroatoms. The highest BCUT2D eigenvalue weighted by Gasteiger charge is 2.39. The number of allylic oxidation sites excluding steroid dienone is 2. The molecule has 0 aromatic rings. The van der Waals surface area contributed by atoms with Crippen molar-refractivity contribution in [2.24, 2.45) is 0 Å². The van der Waals surface area contributed by atoms with Crippen LogP contribution in [0.1, 0.15) is 27.7 Å². The lowest BCUT2D eigenvalue weighted by molar-refractivity contribution is -0.110. The summed E-state index contributed by atoms with van der Waals surface area (Å²) in [5, 5.41) is 1.02. The molecule has 1 rings (SSSR count). The maximum absolute atomic E-state index is 12.1. The fraction of sp³-hybridized carbons (Fsp3) is 0.500.